The minimum atomic E-state index is -3.13. The van der Waals surface area contributed by atoms with Crippen molar-refractivity contribution < 1.29 is 24.3 Å². The van der Waals surface area contributed by atoms with Gasteiger partial charge in [-0.05, 0) is 53.4 Å². The van der Waals surface area contributed by atoms with Crippen LogP contribution in [0.5, 0.6) is 0 Å². The number of rotatable bonds is 4. The van der Waals surface area contributed by atoms with Crippen LogP contribution in [0.2, 0.25) is 0 Å². The van der Waals surface area contributed by atoms with E-state index in [4.69, 9.17) is 35.7 Å². The van der Waals surface area contributed by atoms with Gasteiger partial charge in [-0.2, -0.15) is 0 Å². The van der Waals surface area contributed by atoms with Crippen LogP contribution in [0.1, 0.15) is 55.4 Å². The summed E-state index contributed by atoms with van der Waals surface area (Å²) in [5.41, 5.74) is 10.9. The molecule has 4 unspecified atom stereocenters. The minimum absolute atomic E-state index is 0.150. The van der Waals surface area contributed by atoms with Crippen LogP contribution in [0.4, 0.5) is 0 Å². The number of aliphatic hydroxyl groups excluding tert-OH is 2. The first-order chi connectivity index (χ1) is 9.44. The highest BCUT2D eigenvalue weighted by Crippen LogP contribution is 2.16. The van der Waals surface area contributed by atoms with Crippen molar-refractivity contribution in [2.24, 2.45) is 23.3 Å². The van der Waals surface area contributed by atoms with E-state index in [-0.39, 0.29) is 35.1 Å². The minimum Gasteiger partial charge on any atom is -0.511 e. The molecule has 0 spiro atoms. The fourth-order valence-corrected chi connectivity index (χ4v) is 1.24. The Bertz CT molecular complexity index is 271. The predicted octanol–water partition coefficient (Wildman–Crippen LogP) is -0.132. The molecule has 0 fully saturated rings. The molecular formula is C14H36N2O5Si. The Morgan fingerprint density at radius 2 is 0.909 bits per heavy atom. The molecule has 0 amide bonds. The Balaban J connectivity index is -0.000000266. The normalized spacial score (nSPS) is 16.9. The first-order valence-corrected chi connectivity index (χ1v) is 8.60. The van der Waals surface area contributed by atoms with Crippen LogP contribution < -0.4 is 11.5 Å². The number of hydrogen-bond acceptors (Lipinski definition) is 5. The fourth-order valence-electron chi connectivity index (χ4n) is 1.24. The van der Waals surface area contributed by atoms with E-state index < -0.39 is 9.17 Å². The molecule has 136 valence electrons. The summed E-state index contributed by atoms with van der Waals surface area (Å²) in [5.74, 6) is 0.301. The van der Waals surface area contributed by atoms with Crippen molar-refractivity contribution in [3.05, 3.63) is 0 Å². The van der Waals surface area contributed by atoms with Gasteiger partial charge in [0.25, 0.3) is 0 Å². The molecule has 0 aromatic carbocycles. The van der Waals surface area contributed by atoms with E-state index in [1.165, 1.54) is 0 Å². The first kappa shape index (κ1) is 26.4. The van der Waals surface area contributed by atoms with E-state index in [1.807, 2.05) is 41.5 Å². The molecule has 22 heavy (non-hydrogen) atoms. The monoisotopic (exact) mass is 340 g/mol. The lowest BCUT2D eigenvalue weighted by molar-refractivity contribution is 0.0958. The van der Waals surface area contributed by atoms with Crippen molar-refractivity contribution in [3.63, 3.8) is 0 Å². The van der Waals surface area contributed by atoms with E-state index >= 15 is 0 Å². The Kier molecular flexibility index (Phi) is 13.3. The summed E-state index contributed by atoms with van der Waals surface area (Å²) < 4.78 is 8.74. The molecule has 4 atom stereocenters. The van der Waals surface area contributed by atoms with Crippen LogP contribution in [0.15, 0.2) is 0 Å². The second-order valence-corrected chi connectivity index (χ2v) is 7.55. The van der Waals surface area contributed by atoms with Gasteiger partial charge in [-0.25, -0.2) is 0 Å². The maximum Gasteiger partial charge on any atom is 0.761 e. The van der Waals surface area contributed by atoms with Gasteiger partial charge < -0.3 is 31.3 Å². The van der Waals surface area contributed by atoms with Crippen molar-refractivity contribution in [1.82, 2.24) is 0 Å². The van der Waals surface area contributed by atoms with Gasteiger partial charge in [0.1, 0.15) is 0 Å². The van der Waals surface area contributed by atoms with Crippen molar-refractivity contribution in [2.75, 3.05) is 0 Å². The maximum absolute atomic E-state index is 9.08. The molecule has 8 heteroatoms. The molecule has 0 aromatic rings. The Labute approximate surface area is 136 Å². The van der Waals surface area contributed by atoms with Crippen LogP contribution in [-0.2, 0) is 4.46 Å². The summed E-state index contributed by atoms with van der Waals surface area (Å²) in [6.45, 7) is 15.1. The molecule has 7 nitrogen and oxygen atoms in total. The summed E-state index contributed by atoms with van der Waals surface area (Å²) in [6, 6.07) is 0. The van der Waals surface area contributed by atoms with Gasteiger partial charge in [-0.1, -0.05) is 13.8 Å². The van der Waals surface area contributed by atoms with Crippen LogP contribution in [0, 0.1) is 11.8 Å². The molecule has 0 heterocycles. The molecule has 0 saturated carbocycles. The second kappa shape index (κ2) is 11.1. The third-order valence-electron chi connectivity index (χ3n) is 3.79. The highest BCUT2D eigenvalue weighted by Gasteiger charge is 2.24. The van der Waals surface area contributed by atoms with Gasteiger partial charge >= 0.3 is 9.17 Å². The quantitative estimate of drug-likeness (QED) is 0.390. The molecule has 0 aliphatic rings. The Hall–Kier alpha value is -0.543. The Morgan fingerprint density at radius 1 is 0.773 bits per heavy atom. The molecule has 0 saturated heterocycles. The average molecular weight is 341 g/mol. The predicted molar refractivity (Wildman–Crippen MR) is 89.1 cm³/mol. The third kappa shape index (κ3) is 17.5. The highest BCUT2D eigenvalue weighted by molar-refractivity contribution is 6.22. The highest BCUT2D eigenvalue weighted by atomic mass is 28.3. The van der Waals surface area contributed by atoms with Gasteiger partial charge in [0.2, 0.25) is 0 Å². The fraction of sp³-hybridized carbons (Fsp3) is 1.00. The van der Waals surface area contributed by atoms with Crippen molar-refractivity contribution >= 4 is 9.17 Å². The zero-order valence-corrected chi connectivity index (χ0v) is 16.2. The van der Waals surface area contributed by atoms with Gasteiger partial charge in [-0.15, -0.1) is 0 Å². The van der Waals surface area contributed by atoms with Gasteiger partial charge in [-0.3, -0.25) is 4.46 Å². The smallest absolute Gasteiger partial charge is 0.511 e. The summed E-state index contributed by atoms with van der Waals surface area (Å²) >= 11 is 0. The summed E-state index contributed by atoms with van der Waals surface area (Å²) in [4.78, 5) is 14.3. The van der Waals surface area contributed by atoms with Gasteiger partial charge in [0.05, 0.1) is 12.2 Å². The lowest BCUT2D eigenvalue weighted by atomic mass is 9.86. The summed E-state index contributed by atoms with van der Waals surface area (Å²) in [5, 5.41) is 18.2. The number of aliphatic hydroxyl groups is 2. The van der Waals surface area contributed by atoms with E-state index in [1.54, 1.807) is 13.8 Å². The lowest BCUT2D eigenvalue weighted by Gasteiger charge is -2.29. The largest absolute Gasteiger partial charge is 0.761 e. The second-order valence-electron chi connectivity index (χ2n) is 6.98. The number of nitrogens with two attached hydrogens (primary N) is 2. The molecule has 0 radical (unpaired) electrons. The van der Waals surface area contributed by atoms with Crippen LogP contribution in [-0.4, -0.2) is 52.3 Å². The standard InChI is InChI=1S/2C7H17NO.H2O3Si/c2*1-5(6(2)9)7(3,4)8;1-4(2)3/h2*5-6,9H,8H2,1-4H3;1-2H. The zero-order valence-electron chi connectivity index (χ0n) is 15.2. The SMILES string of the molecule is CC(O)C(C)C(C)(C)N.CC(O)C(C)C(C)(C)N.O=[Si](O)O. The molecule has 0 bridgehead atoms. The molecule has 8 N–H and O–H groups in total. The average Bonchev–Trinajstić information content (AvgIpc) is 2.24. The van der Waals surface area contributed by atoms with E-state index in [9.17, 15) is 0 Å². The van der Waals surface area contributed by atoms with Crippen LogP contribution in [0.25, 0.3) is 0 Å². The number of hydrogen-bond donors (Lipinski definition) is 6. The van der Waals surface area contributed by atoms with Crippen LogP contribution in [0.3, 0.4) is 0 Å². The van der Waals surface area contributed by atoms with Crippen molar-refractivity contribution in [3.8, 4) is 0 Å². The third-order valence-corrected chi connectivity index (χ3v) is 3.79. The molecule has 0 aromatic heterocycles. The molecule has 0 aliphatic carbocycles. The van der Waals surface area contributed by atoms with Gasteiger partial charge in [0, 0.05) is 11.1 Å². The van der Waals surface area contributed by atoms with Crippen molar-refractivity contribution in [1.29, 1.82) is 0 Å². The van der Waals surface area contributed by atoms with E-state index in [2.05, 4.69) is 0 Å². The van der Waals surface area contributed by atoms with Crippen molar-refractivity contribution in [2.45, 2.75) is 78.7 Å². The lowest BCUT2D eigenvalue weighted by Crippen LogP contribution is -2.44. The first-order valence-electron chi connectivity index (χ1n) is 7.30. The summed E-state index contributed by atoms with van der Waals surface area (Å²) in [6.07, 6.45) is -0.630. The van der Waals surface area contributed by atoms with Crippen LogP contribution >= 0.6 is 0 Å². The van der Waals surface area contributed by atoms with Gasteiger partial charge in [0.15, 0.2) is 0 Å². The molecular weight excluding hydrogens is 304 g/mol. The topological polar surface area (TPSA) is 150 Å². The zero-order chi connectivity index (χ0) is 18.9. The molecule has 0 aliphatic heterocycles. The van der Waals surface area contributed by atoms with E-state index in [0.29, 0.717) is 0 Å². The molecule has 0 rings (SSSR count). The Morgan fingerprint density at radius 3 is 0.909 bits per heavy atom. The summed E-state index contributed by atoms with van der Waals surface area (Å²) in [7, 11) is -3.13. The van der Waals surface area contributed by atoms with E-state index in [0.717, 1.165) is 0 Å². The maximum atomic E-state index is 9.08.